The van der Waals surface area contributed by atoms with Gasteiger partial charge < -0.3 is 4.90 Å². The zero-order valence-corrected chi connectivity index (χ0v) is 8.02. The molecular weight excluding hydrogens is 164 g/mol. The molecule has 4 heteroatoms. The van der Waals surface area contributed by atoms with E-state index in [2.05, 4.69) is 11.2 Å². The summed E-state index contributed by atoms with van der Waals surface area (Å²) in [6, 6.07) is 3.92. The molecule has 1 aromatic rings. The van der Waals surface area contributed by atoms with Gasteiger partial charge in [-0.25, -0.2) is 0 Å². The Labute approximate surface area is 77.7 Å². The molecular formula is C9H12N4. The van der Waals surface area contributed by atoms with Crippen LogP contribution >= 0.6 is 0 Å². The van der Waals surface area contributed by atoms with Gasteiger partial charge in [-0.15, -0.1) is 0 Å². The average molecular weight is 176 g/mol. The van der Waals surface area contributed by atoms with Crippen LogP contribution in [0.3, 0.4) is 0 Å². The Morgan fingerprint density at radius 1 is 1.69 bits per heavy atom. The fourth-order valence-corrected chi connectivity index (χ4v) is 0.969. The van der Waals surface area contributed by atoms with Crippen LogP contribution in [0.4, 0.5) is 0 Å². The summed E-state index contributed by atoms with van der Waals surface area (Å²) in [6.07, 6.45) is 3.57. The van der Waals surface area contributed by atoms with E-state index >= 15 is 0 Å². The fraction of sp³-hybridized carbons (Fsp3) is 0.333. The highest BCUT2D eigenvalue weighted by molar-refractivity contribution is 5.73. The van der Waals surface area contributed by atoms with E-state index in [0.717, 1.165) is 0 Å². The second-order valence-corrected chi connectivity index (χ2v) is 2.99. The zero-order valence-electron chi connectivity index (χ0n) is 8.02. The molecule has 0 atom stereocenters. The first-order valence-electron chi connectivity index (χ1n) is 3.92. The molecule has 0 aliphatic heterocycles. The lowest BCUT2D eigenvalue weighted by atomic mass is 10.2. The molecule has 0 saturated heterocycles. The molecule has 0 N–H and O–H groups in total. The van der Waals surface area contributed by atoms with Crippen molar-refractivity contribution in [3.05, 3.63) is 24.2 Å². The number of nitriles is 1. The Bertz CT molecular complexity index is 354. The van der Waals surface area contributed by atoms with Crippen LogP contribution in [0.15, 0.2) is 18.5 Å². The number of hydrogen-bond donors (Lipinski definition) is 0. The van der Waals surface area contributed by atoms with Gasteiger partial charge in [0.15, 0.2) is 0 Å². The maximum absolute atomic E-state index is 8.84. The quantitative estimate of drug-likeness (QED) is 0.627. The molecule has 0 radical (unpaired) electrons. The summed E-state index contributed by atoms with van der Waals surface area (Å²) in [6.45, 7) is 0. The second kappa shape index (κ2) is 3.76. The minimum Gasteiger partial charge on any atom is -0.382 e. The molecule has 0 fully saturated rings. The SMILES string of the molecule is CN(C)C=C(C#N)c1ccn(C)n1. The van der Waals surface area contributed by atoms with E-state index in [9.17, 15) is 0 Å². The molecule has 0 saturated carbocycles. The highest BCUT2D eigenvalue weighted by atomic mass is 15.2. The predicted octanol–water partition coefficient (Wildman–Crippen LogP) is 0.846. The molecule has 13 heavy (non-hydrogen) atoms. The van der Waals surface area contributed by atoms with Crippen molar-refractivity contribution in [2.24, 2.45) is 7.05 Å². The van der Waals surface area contributed by atoms with Crippen LogP contribution in [0.5, 0.6) is 0 Å². The van der Waals surface area contributed by atoms with E-state index in [0.29, 0.717) is 11.3 Å². The Balaban J connectivity index is 2.99. The summed E-state index contributed by atoms with van der Waals surface area (Å²) in [5.41, 5.74) is 1.28. The smallest absolute Gasteiger partial charge is 0.104 e. The van der Waals surface area contributed by atoms with Crippen molar-refractivity contribution in [3.63, 3.8) is 0 Å². The lowest BCUT2D eigenvalue weighted by molar-refractivity contribution is 0.566. The van der Waals surface area contributed by atoms with Gasteiger partial charge >= 0.3 is 0 Å². The van der Waals surface area contributed by atoms with Crippen LogP contribution in [-0.2, 0) is 7.05 Å². The summed E-state index contributed by atoms with van der Waals surface area (Å²) in [5, 5.41) is 13.0. The maximum Gasteiger partial charge on any atom is 0.104 e. The molecule has 0 aliphatic carbocycles. The van der Waals surface area contributed by atoms with Gasteiger partial charge in [0.25, 0.3) is 0 Å². The standard InChI is InChI=1S/C9H12N4/c1-12(2)7-8(6-10)9-4-5-13(3)11-9/h4-5,7H,1-3H3. The Morgan fingerprint density at radius 2 is 2.38 bits per heavy atom. The van der Waals surface area contributed by atoms with E-state index in [1.54, 1.807) is 10.9 Å². The molecule has 0 unspecified atom stereocenters. The van der Waals surface area contributed by atoms with Gasteiger partial charge in [-0.1, -0.05) is 0 Å². The van der Waals surface area contributed by atoms with Crippen LogP contribution in [0.1, 0.15) is 5.69 Å². The molecule has 68 valence electrons. The monoisotopic (exact) mass is 176 g/mol. The lowest BCUT2D eigenvalue weighted by Gasteiger charge is -2.04. The molecule has 0 amide bonds. The Morgan fingerprint density at radius 3 is 2.77 bits per heavy atom. The highest BCUT2D eigenvalue weighted by Crippen LogP contribution is 2.09. The highest BCUT2D eigenvalue weighted by Gasteiger charge is 2.03. The number of allylic oxidation sites excluding steroid dienone is 1. The first-order valence-corrected chi connectivity index (χ1v) is 3.92. The van der Waals surface area contributed by atoms with E-state index in [1.165, 1.54) is 0 Å². The van der Waals surface area contributed by atoms with Crippen molar-refractivity contribution >= 4 is 5.57 Å². The van der Waals surface area contributed by atoms with Gasteiger partial charge in [0, 0.05) is 33.5 Å². The molecule has 1 aromatic heterocycles. The van der Waals surface area contributed by atoms with Gasteiger partial charge in [-0.3, -0.25) is 4.68 Å². The summed E-state index contributed by atoms with van der Waals surface area (Å²) in [5.74, 6) is 0. The van der Waals surface area contributed by atoms with Gasteiger partial charge in [-0.2, -0.15) is 10.4 Å². The number of rotatable bonds is 2. The number of aryl methyl sites for hydroxylation is 1. The van der Waals surface area contributed by atoms with Gasteiger partial charge in [-0.05, 0) is 6.07 Å². The molecule has 0 aliphatic rings. The van der Waals surface area contributed by atoms with Crippen LogP contribution in [-0.4, -0.2) is 28.8 Å². The maximum atomic E-state index is 8.84. The lowest BCUT2D eigenvalue weighted by Crippen LogP contribution is -2.02. The Hall–Kier alpha value is -1.76. The molecule has 4 nitrogen and oxygen atoms in total. The van der Waals surface area contributed by atoms with Gasteiger partial charge in [0.05, 0.1) is 5.57 Å². The largest absolute Gasteiger partial charge is 0.382 e. The van der Waals surface area contributed by atoms with Gasteiger partial charge in [0.2, 0.25) is 0 Å². The number of aromatic nitrogens is 2. The van der Waals surface area contributed by atoms with Gasteiger partial charge in [0.1, 0.15) is 11.8 Å². The third-order valence-electron chi connectivity index (χ3n) is 1.50. The average Bonchev–Trinajstić information content (AvgIpc) is 2.47. The molecule has 1 rings (SSSR count). The first kappa shape index (κ1) is 9.33. The van der Waals surface area contributed by atoms with Crippen LogP contribution < -0.4 is 0 Å². The van der Waals surface area contributed by atoms with Crippen molar-refractivity contribution in [2.45, 2.75) is 0 Å². The zero-order chi connectivity index (χ0) is 9.84. The molecule has 1 heterocycles. The normalized spacial score (nSPS) is 11.1. The van der Waals surface area contributed by atoms with Crippen molar-refractivity contribution in [3.8, 4) is 6.07 Å². The minimum absolute atomic E-state index is 0.575. The second-order valence-electron chi connectivity index (χ2n) is 2.99. The third kappa shape index (κ3) is 2.34. The fourth-order valence-electron chi connectivity index (χ4n) is 0.969. The summed E-state index contributed by atoms with van der Waals surface area (Å²) >= 11 is 0. The van der Waals surface area contributed by atoms with E-state index in [4.69, 9.17) is 5.26 Å². The molecule has 0 spiro atoms. The number of nitrogens with zero attached hydrogens (tertiary/aromatic N) is 4. The predicted molar refractivity (Wildman–Crippen MR) is 50.5 cm³/mol. The van der Waals surface area contributed by atoms with Crippen molar-refractivity contribution in [1.29, 1.82) is 5.26 Å². The summed E-state index contributed by atoms with van der Waals surface area (Å²) in [4.78, 5) is 1.83. The molecule has 0 aromatic carbocycles. The van der Waals surface area contributed by atoms with Crippen LogP contribution in [0, 0.1) is 11.3 Å². The Kier molecular flexibility index (Phi) is 2.70. The van der Waals surface area contributed by atoms with Crippen molar-refractivity contribution < 1.29 is 0 Å². The van der Waals surface area contributed by atoms with Crippen LogP contribution in [0.2, 0.25) is 0 Å². The van der Waals surface area contributed by atoms with E-state index in [-0.39, 0.29) is 0 Å². The third-order valence-corrected chi connectivity index (χ3v) is 1.50. The van der Waals surface area contributed by atoms with E-state index in [1.807, 2.05) is 38.3 Å². The number of hydrogen-bond acceptors (Lipinski definition) is 3. The summed E-state index contributed by atoms with van der Waals surface area (Å²) in [7, 11) is 5.58. The topological polar surface area (TPSA) is 44.9 Å². The molecule has 0 bridgehead atoms. The van der Waals surface area contributed by atoms with Crippen LogP contribution in [0.25, 0.3) is 5.57 Å². The van der Waals surface area contributed by atoms with Crippen molar-refractivity contribution in [1.82, 2.24) is 14.7 Å². The van der Waals surface area contributed by atoms with E-state index < -0.39 is 0 Å². The van der Waals surface area contributed by atoms with Crippen molar-refractivity contribution in [2.75, 3.05) is 14.1 Å². The first-order chi connectivity index (χ1) is 6.13. The minimum atomic E-state index is 0.575. The summed E-state index contributed by atoms with van der Waals surface area (Å²) < 4.78 is 1.68.